The molecule has 0 bridgehead atoms. The molecule has 11 heteroatoms. The van der Waals surface area contributed by atoms with Gasteiger partial charge in [-0.25, -0.2) is 13.5 Å². The van der Waals surface area contributed by atoms with Gasteiger partial charge in [-0.05, 0) is 48.5 Å². The van der Waals surface area contributed by atoms with Crippen molar-refractivity contribution < 1.29 is 18.1 Å². The van der Waals surface area contributed by atoms with E-state index >= 15 is 0 Å². The maximum absolute atomic E-state index is 13.0. The van der Waals surface area contributed by atoms with Gasteiger partial charge in [0.05, 0.1) is 0 Å². The zero-order chi connectivity index (χ0) is 20.4. The molecule has 0 saturated heterocycles. The van der Waals surface area contributed by atoms with Gasteiger partial charge in [0, 0.05) is 11.3 Å². The Morgan fingerprint density at radius 2 is 1.72 bits per heavy atom. The summed E-state index contributed by atoms with van der Waals surface area (Å²) in [5.41, 5.74) is 7.08. The molecule has 2 aromatic carbocycles. The number of rotatable bonds is 5. The van der Waals surface area contributed by atoms with Crippen molar-refractivity contribution in [2.24, 2.45) is 0 Å². The molecule has 0 unspecified atom stereocenters. The average molecular weight is 397 g/mol. The zero-order valence-corrected chi connectivity index (χ0v) is 14.7. The lowest BCUT2D eigenvalue weighted by Crippen LogP contribution is -2.20. The van der Waals surface area contributed by atoms with E-state index in [9.17, 15) is 13.6 Å². The fourth-order valence-corrected chi connectivity index (χ4v) is 2.50. The number of aromatic nitrogens is 5. The minimum atomic E-state index is -0.433. The van der Waals surface area contributed by atoms with Crippen LogP contribution in [0.5, 0.6) is 0 Å². The Balaban J connectivity index is 1.49. The maximum Gasteiger partial charge on any atom is 0.282 e. The third kappa shape index (κ3) is 3.93. The number of nitrogens with zero attached hydrogens (tertiary/aromatic N) is 5. The van der Waals surface area contributed by atoms with Gasteiger partial charge in [-0.3, -0.25) is 4.79 Å². The number of hydrogen-bond donors (Lipinski definition) is 2. The van der Waals surface area contributed by atoms with Gasteiger partial charge in [0.15, 0.2) is 11.5 Å². The highest BCUT2D eigenvalue weighted by Gasteiger charge is 2.20. The molecule has 146 valence electrons. The highest BCUT2D eigenvalue weighted by molar-refractivity contribution is 5.90. The molecule has 0 saturated carbocycles. The highest BCUT2D eigenvalue weighted by Crippen LogP contribution is 2.24. The summed E-state index contributed by atoms with van der Waals surface area (Å²) < 4.78 is 32.3. The van der Waals surface area contributed by atoms with E-state index in [2.05, 4.69) is 25.8 Å². The normalized spacial score (nSPS) is 10.8. The molecule has 29 heavy (non-hydrogen) atoms. The minimum Gasteiger partial charge on any atom is -0.382 e. The van der Waals surface area contributed by atoms with Crippen LogP contribution in [-0.4, -0.2) is 31.0 Å². The number of benzene rings is 2. The molecule has 0 spiro atoms. The molecule has 2 heterocycles. The van der Waals surface area contributed by atoms with E-state index in [1.807, 2.05) is 0 Å². The van der Waals surface area contributed by atoms with Gasteiger partial charge in [0.25, 0.3) is 5.89 Å². The number of halogens is 2. The number of carbonyl (C=O) groups is 1. The molecule has 0 aliphatic rings. The molecular weight excluding hydrogens is 384 g/mol. The summed E-state index contributed by atoms with van der Waals surface area (Å²) in [5, 5.41) is 14.1. The summed E-state index contributed by atoms with van der Waals surface area (Å²) in [5.74, 6) is -0.947. The van der Waals surface area contributed by atoms with Crippen LogP contribution in [0, 0.1) is 11.6 Å². The Kier molecular flexibility index (Phi) is 4.69. The van der Waals surface area contributed by atoms with Crippen molar-refractivity contribution in [2.45, 2.75) is 6.54 Å². The highest BCUT2D eigenvalue weighted by atomic mass is 19.1. The number of carbonyl (C=O) groups excluding carboxylic acids is 1. The fraction of sp³-hybridized carbons (Fsp3) is 0.0556. The summed E-state index contributed by atoms with van der Waals surface area (Å²) in [7, 11) is 0. The van der Waals surface area contributed by atoms with Crippen molar-refractivity contribution in [1.82, 2.24) is 25.1 Å². The minimum absolute atomic E-state index is 0.00650. The Morgan fingerprint density at radius 1 is 1.07 bits per heavy atom. The molecule has 0 atom stereocenters. The summed E-state index contributed by atoms with van der Waals surface area (Å²) in [6.45, 7) is -0.227. The van der Waals surface area contributed by atoms with E-state index in [0.717, 1.165) is 4.68 Å². The number of anilines is 2. The van der Waals surface area contributed by atoms with Gasteiger partial charge in [-0.2, -0.15) is 4.98 Å². The zero-order valence-electron chi connectivity index (χ0n) is 14.7. The average Bonchev–Trinajstić information content (AvgIpc) is 3.32. The smallest absolute Gasteiger partial charge is 0.282 e. The second-order valence-electron chi connectivity index (χ2n) is 5.97. The largest absolute Gasteiger partial charge is 0.382 e. The molecular formula is C18H13F2N7O2. The molecule has 0 aliphatic carbocycles. The Bertz CT molecular complexity index is 1150. The van der Waals surface area contributed by atoms with Crippen molar-refractivity contribution in [2.75, 3.05) is 11.1 Å². The SMILES string of the molecule is Nc1c(-c2nc(-c3ccc(F)cc3)no2)nnn1CC(=O)Nc1ccc(F)cc1. The quantitative estimate of drug-likeness (QED) is 0.530. The van der Waals surface area contributed by atoms with Crippen LogP contribution in [0.3, 0.4) is 0 Å². The Hall–Kier alpha value is -4.15. The standard InChI is InChI=1S/C18H13F2N7O2/c19-11-3-1-10(2-4-11)17-23-18(29-25-17)15-16(21)27(26-24-15)9-14(28)22-13-7-5-12(20)6-8-13/h1-8H,9,21H2,(H,22,28). The van der Waals surface area contributed by atoms with Crippen molar-refractivity contribution >= 4 is 17.4 Å². The molecule has 0 radical (unpaired) electrons. The predicted molar refractivity (Wildman–Crippen MR) is 98.2 cm³/mol. The van der Waals surface area contributed by atoms with Crippen LogP contribution < -0.4 is 11.1 Å². The van der Waals surface area contributed by atoms with Crippen molar-refractivity contribution in [3.8, 4) is 23.0 Å². The van der Waals surface area contributed by atoms with Gasteiger partial charge in [-0.15, -0.1) is 5.10 Å². The van der Waals surface area contributed by atoms with E-state index in [0.29, 0.717) is 11.3 Å². The summed E-state index contributed by atoms with van der Waals surface area (Å²) >= 11 is 0. The summed E-state index contributed by atoms with van der Waals surface area (Å²) in [6.07, 6.45) is 0. The second kappa shape index (κ2) is 7.46. The van der Waals surface area contributed by atoms with Crippen LogP contribution >= 0.6 is 0 Å². The fourth-order valence-electron chi connectivity index (χ4n) is 2.50. The molecule has 2 aromatic heterocycles. The monoisotopic (exact) mass is 397 g/mol. The van der Waals surface area contributed by atoms with Crippen LogP contribution in [-0.2, 0) is 11.3 Å². The lowest BCUT2D eigenvalue weighted by atomic mass is 10.2. The lowest BCUT2D eigenvalue weighted by molar-refractivity contribution is -0.116. The second-order valence-corrected chi connectivity index (χ2v) is 5.97. The van der Waals surface area contributed by atoms with Gasteiger partial charge in [0.1, 0.15) is 18.2 Å². The van der Waals surface area contributed by atoms with E-state index in [4.69, 9.17) is 10.3 Å². The van der Waals surface area contributed by atoms with Gasteiger partial charge >= 0.3 is 0 Å². The predicted octanol–water partition coefficient (Wildman–Crippen LogP) is 2.49. The van der Waals surface area contributed by atoms with Gasteiger partial charge < -0.3 is 15.6 Å². The summed E-state index contributed by atoms with van der Waals surface area (Å²) in [4.78, 5) is 16.3. The number of nitrogen functional groups attached to an aromatic ring is 1. The van der Waals surface area contributed by atoms with Crippen LogP contribution in [0.2, 0.25) is 0 Å². The third-order valence-corrected chi connectivity index (χ3v) is 3.93. The molecule has 3 N–H and O–H groups in total. The van der Waals surface area contributed by atoms with E-state index in [1.165, 1.54) is 48.5 Å². The van der Waals surface area contributed by atoms with E-state index in [1.54, 1.807) is 0 Å². The van der Waals surface area contributed by atoms with E-state index in [-0.39, 0.29) is 35.6 Å². The number of nitrogens with two attached hydrogens (primary N) is 1. The van der Waals surface area contributed by atoms with E-state index < -0.39 is 11.7 Å². The van der Waals surface area contributed by atoms with Crippen LogP contribution in [0.1, 0.15) is 0 Å². The first-order valence-electron chi connectivity index (χ1n) is 8.34. The maximum atomic E-state index is 13.0. The molecule has 9 nitrogen and oxygen atoms in total. The first kappa shape index (κ1) is 18.2. The van der Waals surface area contributed by atoms with Crippen molar-refractivity contribution in [1.29, 1.82) is 0 Å². The Morgan fingerprint density at radius 3 is 2.41 bits per heavy atom. The van der Waals surface area contributed by atoms with Crippen molar-refractivity contribution in [3.05, 3.63) is 60.2 Å². The van der Waals surface area contributed by atoms with Crippen LogP contribution in [0.25, 0.3) is 23.0 Å². The molecule has 0 aliphatic heterocycles. The first-order valence-corrected chi connectivity index (χ1v) is 8.34. The molecule has 4 rings (SSSR count). The number of nitrogens with one attached hydrogen (secondary N) is 1. The molecule has 4 aromatic rings. The van der Waals surface area contributed by atoms with Crippen LogP contribution in [0.4, 0.5) is 20.3 Å². The lowest BCUT2D eigenvalue weighted by Gasteiger charge is -2.05. The molecule has 0 fully saturated rings. The first-order chi connectivity index (χ1) is 14.0. The Labute approximate surface area is 162 Å². The number of amides is 1. The van der Waals surface area contributed by atoms with Gasteiger partial charge in [0.2, 0.25) is 11.7 Å². The molecule has 1 amide bonds. The third-order valence-electron chi connectivity index (χ3n) is 3.93. The number of hydrogen-bond acceptors (Lipinski definition) is 7. The summed E-state index contributed by atoms with van der Waals surface area (Å²) in [6, 6.07) is 10.9. The topological polar surface area (TPSA) is 125 Å². The van der Waals surface area contributed by atoms with Crippen molar-refractivity contribution in [3.63, 3.8) is 0 Å². The van der Waals surface area contributed by atoms with Gasteiger partial charge in [-0.1, -0.05) is 10.4 Å². The van der Waals surface area contributed by atoms with Crippen LogP contribution in [0.15, 0.2) is 53.1 Å².